The molecule has 5 heteroatoms. The number of carbonyl (C=O) groups is 1. The third-order valence-electron chi connectivity index (χ3n) is 6.71. The number of methoxy groups -OCH3 is 1. The lowest BCUT2D eigenvalue weighted by atomic mass is 9.68. The fourth-order valence-electron chi connectivity index (χ4n) is 5.25. The SMILES string of the molecule is COc1cccc2c1OCCC21CNCC1C(=O)N1CCC(C)CC1C. The molecule has 1 spiro atoms. The largest absolute Gasteiger partial charge is 0.493 e. The van der Waals surface area contributed by atoms with Crippen molar-refractivity contribution in [2.24, 2.45) is 11.8 Å². The van der Waals surface area contributed by atoms with E-state index in [2.05, 4.69) is 30.1 Å². The highest BCUT2D eigenvalue weighted by Crippen LogP contribution is 2.49. The summed E-state index contributed by atoms with van der Waals surface area (Å²) >= 11 is 0. The van der Waals surface area contributed by atoms with Gasteiger partial charge in [-0.15, -0.1) is 0 Å². The Balaban J connectivity index is 1.68. The molecular weight excluding hydrogens is 328 g/mol. The number of hydrogen-bond donors (Lipinski definition) is 1. The number of piperidine rings is 1. The van der Waals surface area contributed by atoms with Crippen molar-refractivity contribution in [1.29, 1.82) is 0 Å². The zero-order chi connectivity index (χ0) is 18.3. The van der Waals surface area contributed by atoms with Gasteiger partial charge in [-0.05, 0) is 38.2 Å². The normalized spacial score (nSPS) is 33.7. The molecule has 5 nitrogen and oxygen atoms in total. The minimum Gasteiger partial charge on any atom is -0.493 e. The molecule has 0 saturated carbocycles. The minimum atomic E-state index is -0.192. The first kappa shape index (κ1) is 17.7. The molecule has 3 aliphatic heterocycles. The van der Waals surface area contributed by atoms with Crippen LogP contribution in [0.25, 0.3) is 0 Å². The number of amides is 1. The highest BCUT2D eigenvalue weighted by Gasteiger charge is 2.52. The van der Waals surface area contributed by atoms with E-state index in [1.54, 1.807) is 7.11 Å². The van der Waals surface area contributed by atoms with Crippen LogP contribution in [-0.2, 0) is 10.2 Å². The predicted octanol–water partition coefficient (Wildman–Crippen LogP) is 2.58. The summed E-state index contributed by atoms with van der Waals surface area (Å²) < 4.78 is 11.5. The fraction of sp³-hybridized carbons (Fsp3) is 0.667. The van der Waals surface area contributed by atoms with Gasteiger partial charge in [0, 0.05) is 36.7 Å². The number of likely N-dealkylation sites (tertiary alicyclic amines) is 1. The third-order valence-corrected chi connectivity index (χ3v) is 6.71. The molecule has 4 atom stereocenters. The van der Waals surface area contributed by atoms with Crippen LogP contribution < -0.4 is 14.8 Å². The van der Waals surface area contributed by atoms with Crippen LogP contribution in [0, 0.1) is 11.8 Å². The second kappa shape index (κ2) is 6.76. The predicted molar refractivity (Wildman–Crippen MR) is 101 cm³/mol. The van der Waals surface area contributed by atoms with E-state index >= 15 is 0 Å². The Kier molecular flexibility index (Phi) is 4.59. The summed E-state index contributed by atoms with van der Waals surface area (Å²) in [5, 5.41) is 3.51. The van der Waals surface area contributed by atoms with E-state index in [9.17, 15) is 4.79 Å². The summed E-state index contributed by atoms with van der Waals surface area (Å²) in [5.74, 6) is 2.57. The van der Waals surface area contributed by atoms with Crippen molar-refractivity contribution in [3.8, 4) is 11.5 Å². The highest BCUT2D eigenvalue weighted by atomic mass is 16.5. The van der Waals surface area contributed by atoms with Crippen molar-refractivity contribution in [2.75, 3.05) is 33.4 Å². The van der Waals surface area contributed by atoms with Gasteiger partial charge in [-0.25, -0.2) is 0 Å². The van der Waals surface area contributed by atoms with Crippen LogP contribution in [0.1, 0.15) is 38.7 Å². The molecule has 26 heavy (non-hydrogen) atoms. The summed E-state index contributed by atoms with van der Waals surface area (Å²) in [6.45, 7) is 7.57. The van der Waals surface area contributed by atoms with Crippen molar-refractivity contribution in [1.82, 2.24) is 10.2 Å². The summed E-state index contributed by atoms with van der Waals surface area (Å²) in [5.41, 5.74) is 0.937. The van der Waals surface area contributed by atoms with Crippen molar-refractivity contribution in [3.63, 3.8) is 0 Å². The van der Waals surface area contributed by atoms with Gasteiger partial charge in [-0.3, -0.25) is 4.79 Å². The molecule has 1 amide bonds. The maximum Gasteiger partial charge on any atom is 0.228 e. The summed E-state index contributed by atoms with van der Waals surface area (Å²) in [7, 11) is 1.67. The molecule has 1 N–H and O–H groups in total. The molecule has 0 radical (unpaired) electrons. The first-order valence-electron chi connectivity index (χ1n) is 9.88. The molecule has 2 fully saturated rings. The molecular formula is C21H30N2O3. The number of benzene rings is 1. The summed E-state index contributed by atoms with van der Waals surface area (Å²) in [4.78, 5) is 15.7. The topological polar surface area (TPSA) is 50.8 Å². The number of fused-ring (bicyclic) bond motifs is 2. The van der Waals surface area contributed by atoms with E-state index in [1.165, 1.54) is 0 Å². The van der Waals surface area contributed by atoms with Crippen molar-refractivity contribution in [2.45, 2.75) is 44.6 Å². The molecule has 0 aliphatic carbocycles. The van der Waals surface area contributed by atoms with Gasteiger partial charge in [0.2, 0.25) is 5.91 Å². The number of nitrogens with zero attached hydrogens (tertiary/aromatic N) is 1. The van der Waals surface area contributed by atoms with Gasteiger partial charge in [0.15, 0.2) is 11.5 Å². The molecule has 1 aromatic rings. The Morgan fingerprint density at radius 2 is 2.23 bits per heavy atom. The molecule has 4 rings (SSSR count). The van der Waals surface area contributed by atoms with Crippen LogP contribution in [0.3, 0.4) is 0 Å². The average Bonchev–Trinajstić information content (AvgIpc) is 3.05. The summed E-state index contributed by atoms with van der Waals surface area (Å²) in [6.07, 6.45) is 3.08. The zero-order valence-electron chi connectivity index (χ0n) is 16.1. The molecule has 0 aromatic heterocycles. The first-order chi connectivity index (χ1) is 12.6. The van der Waals surface area contributed by atoms with Crippen molar-refractivity contribution < 1.29 is 14.3 Å². The minimum absolute atomic E-state index is 0.0342. The van der Waals surface area contributed by atoms with E-state index in [4.69, 9.17) is 9.47 Å². The van der Waals surface area contributed by atoms with Crippen LogP contribution in [-0.4, -0.2) is 50.2 Å². The standard InChI is InChI=1S/C21H30N2O3/c1-14-7-9-23(15(2)11-14)20(24)17-12-22-13-21(17)8-10-26-19-16(21)5-4-6-18(19)25-3/h4-6,14-15,17,22H,7-13H2,1-3H3. The number of ether oxygens (including phenoxy) is 2. The Hall–Kier alpha value is -1.75. The Morgan fingerprint density at radius 3 is 3.00 bits per heavy atom. The van der Waals surface area contributed by atoms with E-state index < -0.39 is 0 Å². The average molecular weight is 358 g/mol. The van der Waals surface area contributed by atoms with Gasteiger partial charge in [-0.1, -0.05) is 19.1 Å². The second-order valence-corrected chi connectivity index (χ2v) is 8.29. The molecule has 0 bridgehead atoms. The zero-order valence-corrected chi connectivity index (χ0v) is 16.1. The number of para-hydroxylation sites is 1. The van der Waals surface area contributed by atoms with Crippen LogP contribution in [0.5, 0.6) is 11.5 Å². The molecule has 2 saturated heterocycles. The van der Waals surface area contributed by atoms with Crippen molar-refractivity contribution >= 4 is 5.91 Å². The Bertz CT molecular complexity index is 692. The molecule has 3 aliphatic rings. The number of nitrogens with one attached hydrogen (secondary N) is 1. The van der Waals surface area contributed by atoms with Gasteiger partial charge in [-0.2, -0.15) is 0 Å². The molecule has 1 aromatic carbocycles. The first-order valence-corrected chi connectivity index (χ1v) is 9.88. The van der Waals surface area contributed by atoms with Crippen LogP contribution in [0.15, 0.2) is 18.2 Å². The molecule has 3 heterocycles. The number of carbonyl (C=O) groups excluding carboxylic acids is 1. The van der Waals surface area contributed by atoms with Gasteiger partial charge >= 0.3 is 0 Å². The van der Waals surface area contributed by atoms with Gasteiger partial charge in [0.05, 0.1) is 19.6 Å². The van der Waals surface area contributed by atoms with E-state index in [-0.39, 0.29) is 11.3 Å². The lowest BCUT2D eigenvalue weighted by Gasteiger charge is -2.43. The highest BCUT2D eigenvalue weighted by molar-refractivity contribution is 5.82. The third kappa shape index (κ3) is 2.68. The monoisotopic (exact) mass is 358 g/mol. The van der Waals surface area contributed by atoms with Gasteiger partial charge < -0.3 is 19.7 Å². The van der Waals surface area contributed by atoms with Crippen LogP contribution >= 0.6 is 0 Å². The van der Waals surface area contributed by atoms with Crippen LogP contribution in [0.2, 0.25) is 0 Å². The lowest BCUT2D eigenvalue weighted by molar-refractivity contribution is -0.141. The maximum absolute atomic E-state index is 13.6. The molecule has 142 valence electrons. The Labute approximate surface area is 156 Å². The Morgan fingerprint density at radius 1 is 1.38 bits per heavy atom. The second-order valence-electron chi connectivity index (χ2n) is 8.29. The van der Waals surface area contributed by atoms with E-state index in [0.29, 0.717) is 24.5 Å². The quantitative estimate of drug-likeness (QED) is 0.883. The van der Waals surface area contributed by atoms with E-state index in [1.807, 2.05) is 12.1 Å². The van der Waals surface area contributed by atoms with Gasteiger partial charge in [0.25, 0.3) is 0 Å². The van der Waals surface area contributed by atoms with Crippen molar-refractivity contribution in [3.05, 3.63) is 23.8 Å². The number of rotatable bonds is 2. The van der Waals surface area contributed by atoms with Gasteiger partial charge in [0.1, 0.15) is 0 Å². The lowest BCUT2D eigenvalue weighted by Crippen LogP contribution is -2.52. The number of hydrogen-bond acceptors (Lipinski definition) is 4. The van der Waals surface area contributed by atoms with Crippen LogP contribution in [0.4, 0.5) is 0 Å². The maximum atomic E-state index is 13.6. The smallest absolute Gasteiger partial charge is 0.228 e. The molecule has 4 unspecified atom stereocenters. The van der Waals surface area contributed by atoms with E-state index in [0.717, 1.165) is 56.0 Å². The fourth-order valence-corrected chi connectivity index (χ4v) is 5.25. The summed E-state index contributed by atoms with van der Waals surface area (Å²) in [6, 6.07) is 6.39.